The average Bonchev–Trinajstić information content (AvgIpc) is 3.03. The molecule has 0 aromatic heterocycles. The molecule has 1 aliphatic heterocycles. The van der Waals surface area contributed by atoms with Crippen LogP contribution in [0.3, 0.4) is 0 Å². The number of nitrogens with zero attached hydrogens (tertiary/aromatic N) is 1. The molecule has 0 spiro atoms. The highest BCUT2D eigenvalue weighted by atomic mass is 35.5. The molecular weight excluding hydrogens is 442 g/mol. The van der Waals surface area contributed by atoms with E-state index in [1.165, 1.54) is 7.11 Å². The van der Waals surface area contributed by atoms with Crippen molar-refractivity contribution < 1.29 is 19.1 Å². The maximum atomic E-state index is 13.1. The van der Waals surface area contributed by atoms with Crippen LogP contribution in [0.1, 0.15) is 15.9 Å². The van der Waals surface area contributed by atoms with E-state index in [-0.39, 0.29) is 22.3 Å². The summed E-state index contributed by atoms with van der Waals surface area (Å²) in [6, 6.07) is 20.7. The summed E-state index contributed by atoms with van der Waals surface area (Å²) in [5, 5.41) is 5.51. The molecule has 0 unspecified atom stereocenters. The number of carbonyl (C=O) groups excluding carboxylic acids is 3. The molecule has 8 heteroatoms. The first-order valence-electron chi connectivity index (χ1n) is 10.1. The molecule has 7 nitrogen and oxygen atoms in total. The zero-order chi connectivity index (χ0) is 23.5. The van der Waals surface area contributed by atoms with E-state index in [0.29, 0.717) is 22.7 Å². The second kappa shape index (κ2) is 9.18. The van der Waals surface area contributed by atoms with Gasteiger partial charge in [-0.05, 0) is 48.9 Å². The van der Waals surface area contributed by atoms with Gasteiger partial charge in [0.2, 0.25) is 0 Å². The number of rotatable bonds is 6. The van der Waals surface area contributed by atoms with Crippen LogP contribution >= 0.6 is 11.6 Å². The van der Waals surface area contributed by atoms with Crippen LogP contribution in [0.4, 0.5) is 17.1 Å². The molecule has 3 aromatic carbocycles. The number of hydrogen-bond donors (Lipinski definition) is 2. The van der Waals surface area contributed by atoms with Crippen molar-refractivity contribution in [2.24, 2.45) is 0 Å². The van der Waals surface area contributed by atoms with Gasteiger partial charge in [0.15, 0.2) is 0 Å². The Kier molecular flexibility index (Phi) is 6.15. The lowest BCUT2D eigenvalue weighted by Crippen LogP contribution is -2.32. The minimum Gasteiger partial charge on any atom is -0.495 e. The lowest BCUT2D eigenvalue weighted by Gasteiger charge is -2.18. The summed E-state index contributed by atoms with van der Waals surface area (Å²) in [7, 11) is 1.45. The van der Waals surface area contributed by atoms with E-state index in [9.17, 15) is 14.4 Å². The van der Waals surface area contributed by atoms with Gasteiger partial charge >= 0.3 is 0 Å². The van der Waals surface area contributed by atoms with Crippen LogP contribution in [-0.2, 0) is 9.59 Å². The van der Waals surface area contributed by atoms with Crippen molar-refractivity contribution in [3.05, 3.63) is 94.7 Å². The molecule has 2 N–H and O–H groups in total. The number of anilines is 3. The fraction of sp³-hybridized carbons (Fsp3) is 0.0800. The molecule has 4 rings (SSSR count). The van der Waals surface area contributed by atoms with Crippen LogP contribution in [-0.4, -0.2) is 24.8 Å². The number of methoxy groups -OCH3 is 1. The number of nitrogens with one attached hydrogen (secondary N) is 2. The van der Waals surface area contributed by atoms with Gasteiger partial charge in [-0.15, -0.1) is 0 Å². The van der Waals surface area contributed by atoms with E-state index >= 15 is 0 Å². The van der Waals surface area contributed by atoms with Crippen LogP contribution in [0, 0.1) is 6.92 Å². The Balaban J connectivity index is 1.57. The number of imide groups is 1. The standard InChI is InChI=1S/C25H20ClN3O4/c1-15-8-3-4-11-18(15)28-23(30)16-9-7-10-17(14-16)27-22-21(26)24(31)29(25(22)32)19-12-5-6-13-20(19)33-2/h3-14,27H,1-2H3,(H,28,30). The van der Waals surface area contributed by atoms with Crippen molar-refractivity contribution >= 4 is 46.4 Å². The smallest absolute Gasteiger partial charge is 0.283 e. The van der Waals surface area contributed by atoms with Gasteiger partial charge in [-0.25, -0.2) is 4.90 Å². The normalized spacial score (nSPS) is 13.4. The van der Waals surface area contributed by atoms with Crippen LogP contribution in [0.5, 0.6) is 5.75 Å². The number of hydrogen-bond acceptors (Lipinski definition) is 5. The van der Waals surface area contributed by atoms with Gasteiger partial charge in [0.1, 0.15) is 16.5 Å². The second-order valence-electron chi connectivity index (χ2n) is 7.28. The highest BCUT2D eigenvalue weighted by molar-refractivity contribution is 6.53. The number of aryl methyl sites for hydroxylation is 1. The number of amides is 3. The summed E-state index contributed by atoms with van der Waals surface area (Å²) in [6.07, 6.45) is 0. The number of para-hydroxylation sites is 3. The van der Waals surface area contributed by atoms with Gasteiger partial charge in [0.05, 0.1) is 12.8 Å². The number of carbonyl (C=O) groups is 3. The van der Waals surface area contributed by atoms with Crippen LogP contribution in [0.2, 0.25) is 0 Å². The molecule has 3 aromatic rings. The molecule has 166 valence electrons. The summed E-state index contributed by atoms with van der Waals surface area (Å²) >= 11 is 6.23. The molecule has 0 fully saturated rings. The topological polar surface area (TPSA) is 87.7 Å². The molecular formula is C25H20ClN3O4. The van der Waals surface area contributed by atoms with Gasteiger partial charge in [0.25, 0.3) is 17.7 Å². The molecule has 33 heavy (non-hydrogen) atoms. The number of ether oxygens (including phenoxy) is 1. The highest BCUT2D eigenvalue weighted by Gasteiger charge is 2.40. The van der Waals surface area contributed by atoms with E-state index in [1.807, 2.05) is 31.2 Å². The first kappa shape index (κ1) is 22.1. The minimum atomic E-state index is -0.665. The van der Waals surface area contributed by atoms with Crippen LogP contribution in [0.25, 0.3) is 0 Å². The summed E-state index contributed by atoms with van der Waals surface area (Å²) in [5.74, 6) is -1.23. The molecule has 0 saturated heterocycles. The third-order valence-electron chi connectivity index (χ3n) is 5.14. The van der Waals surface area contributed by atoms with Crippen LogP contribution < -0.4 is 20.3 Å². The van der Waals surface area contributed by atoms with Crippen molar-refractivity contribution in [2.75, 3.05) is 22.6 Å². The fourth-order valence-corrected chi connectivity index (χ4v) is 3.65. The second-order valence-corrected chi connectivity index (χ2v) is 7.66. The van der Waals surface area contributed by atoms with E-state index in [4.69, 9.17) is 16.3 Å². The van der Waals surface area contributed by atoms with E-state index in [1.54, 1.807) is 48.5 Å². The molecule has 0 atom stereocenters. The monoisotopic (exact) mass is 461 g/mol. The number of halogens is 1. The molecule has 0 bridgehead atoms. The molecule has 0 aliphatic carbocycles. The molecule has 0 radical (unpaired) electrons. The van der Waals surface area contributed by atoms with Crippen molar-refractivity contribution in [1.82, 2.24) is 0 Å². The van der Waals surface area contributed by atoms with Gasteiger partial charge in [0, 0.05) is 16.9 Å². The average molecular weight is 462 g/mol. The first-order chi connectivity index (χ1) is 15.9. The minimum absolute atomic E-state index is 0.0796. The molecule has 0 saturated carbocycles. The Bertz CT molecular complexity index is 1300. The Morgan fingerprint density at radius 3 is 2.42 bits per heavy atom. The Labute approximate surface area is 195 Å². The van der Waals surface area contributed by atoms with Crippen molar-refractivity contribution in [1.29, 1.82) is 0 Å². The summed E-state index contributed by atoms with van der Waals surface area (Å²) in [6.45, 7) is 1.90. The zero-order valence-electron chi connectivity index (χ0n) is 17.9. The molecule has 3 amide bonds. The van der Waals surface area contributed by atoms with Crippen molar-refractivity contribution in [2.45, 2.75) is 6.92 Å². The molecule has 1 aliphatic rings. The van der Waals surface area contributed by atoms with E-state index in [2.05, 4.69) is 10.6 Å². The summed E-state index contributed by atoms with van der Waals surface area (Å²) < 4.78 is 5.27. The lowest BCUT2D eigenvalue weighted by atomic mass is 10.1. The summed E-state index contributed by atoms with van der Waals surface area (Å²) in [5.41, 5.74) is 2.65. The van der Waals surface area contributed by atoms with E-state index < -0.39 is 11.8 Å². The van der Waals surface area contributed by atoms with Gasteiger partial charge in [-0.2, -0.15) is 0 Å². The highest BCUT2D eigenvalue weighted by Crippen LogP contribution is 2.35. The lowest BCUT2D eigenvalue weighted by molar-refractivity contribution is -0.120. The largest absolute Gasteiger partial charge is 0.495 e. The summed E-state index contributed by atoms with van der Waals surface area (Å²) in [4.78, 5) is 39.5. The Hall–Kier alpha value is -4.10. The van der Waals surface area contributed by atoms with Gasteiger partial charge in [-0.3, -0.25) is 14.4 Å². The van der Waals surface area contributed by atoms with Crippen LogP contribution in [0.15, 0.2) is 83.5 Å². The quantitative estimate of drug-likeness (QED) is 0.520. The molecule has 1 heterocycles. The van der Waals surface area contributed by atoms with Gasteiger partial charge in [-0.1, -0.05) is 48.0 Å². The zero-order valence-corrected chi connectivity index (χ0v) is 18.6. The SMILES string of the molecule is COc1ccccc1N1C(=O)C(Cl)=C(Nc2cccc(C(=O)Nc3ccccc3C)c2)C1=O. The van der Waals surface area contributed by atoms with Crippen molar-refractivity contribution in [3.8, 4) is 5.75 Å². The predicted molar refractivity (Wildman–Crippen MR) is 128 cm³/mol. The maximum Gasteiger partial charge on any atom is 0.283 e. The van der Waals surface area contributed by atoms with E-state index in [0.717, 1.165) is 10.5 Å². The Morgan fingerprint density at radius 1 is 0.939 bits per heavy atom. The first-order valence-corrected chi connectivity index (χ1v) is 10.4. The third-order valence-corrected chi connectivity index (χ3v) is 5.49. The number of benzene rings is 3. The predicted octanol–water partition coefficient (Wildman–Crippen LogP) is 4.69. The van der Waals surface area contributed by atoms with Gasteiger partial charge < -0.3 is 15.4 Å². The Morgan fingerprint density at radius 2 is 1.67 bits per heavy atom. The third kappa shape index (κ3) is 4.31. The maximum absolute atomic E-state index is 13.1. The fourth-order valence-electron chi connectivity index (χ4n) is 3.43. The van der Waals surface area contributed by atoms with Crippen molar-refractivity contribution in [3.63, 3.8) is 0 Å².